The molecule has 1 heterocycles. The van der Waals surface area contributed by atoms with Gasteiger partial charge in [-0.1, -0.05) is 95.7 Å². The van der Waals surface area contributed by atoms with Crippen LogP contribution in [0.5, 0.6) is 11.5 Å². The third kappa shape index (κ3) is 5.58. The number of amides is 1. The van der Waals surface area contributed by atoms with Crippen molar-refractivity contribution in [3.8, 4) is 11.5 Å². The van der Waals surface area contributed by atoms with Crippen LogP contribution in [-0.4, -0.2) is 22.2 Å². The quantitative estimate of drug-likeness (QED) is 0.271. The van der Waals surface area contributed by atoms with Crippen LogP contribution >= 0.6 is 35.6 Å². The molecule has 1 aliphatic rings. The van der Waals surface area contributed by atoms with Crippen LogP contribution in [0.3, 0.4) is 0 Å². The van der Waals surface area contributed by atoms with Gasteiger partial charge >= 0.3 is 0 Å². The molecule has 0 aliphatic carbocycles. The van der Waals surface area contributed by atoms with Gasteiger partial charge in [-0.25, -0.2) is 0 Å². The lowest BCUT2D eigenvalue weighted by molar-refractivity contribution is -0.122. The van der Waals surface area contributed by atoms with Crippen molar-refractivity contribution in [3.05, 3.63) is 98.9 Å². The van der Waals surface area contributed by atoms with Crippen LogP contribution in [0.25, 0.3) is 6.08 Å². The summed E-state index contributed by atoms with van der Waals surface area (Å²) in [6.07, 6.45) is 1.78. The number of nitrogens with zero attached hydrogens (tertiary/aromatic N) is 1. The Kier molecular flexibility index (Phi) is 7.38. The maximum Gasteiger partial charge on any atom is 0.266 e. The zero-order chi connectivity index (χ0) is 23.4. The van der Waals surface area contributed by atoms with Crippen molar-refractivity contribution >= 4 is 51.9 Å². The Hall–Kier alpha value is -2.80. The second-order valence-corrected chi connectivity index (χ2v) is 9.64. The molecule has 0 atom stereocenters. The van der Waals surface area contributed by atoms with Gasteiger partial charge in [0.2, 0.25) is 0 Å². The van der Waals surface area contributed by atoms with E-state index in [0.717, 1.165) is 16.7 Å². The summed E-state index contributed by atoms with van der Waals surface area (Å²) in [4.78, 5) is 15.1. The van der Waals surface area contributed by atoms with Crippen molar-refractivity contribution in [3.63, 3.8) is 0 Å². The lowest BCUT2D eigenvalue weighted by atomic mass is 10.1. The first-order valence-electron chi connectivity index (χ1n) is 10.3. The first-order chi connectivity index (χ1) is 15.9. The molecular weight excluding hydrogens is 474 g/mol. The summed E-state index contributed by atoms with van der Waals surface area (Å²) >= 11 is 13.3. The summed E-state index contributed by atoms with van der Waals surface area (Å²) in [6.45, 7) is 2.85. The van der Waals surface area contributed by atoms with E-state index in [1.54, 1.807) is 30.2 Å². The van der Waals surface area contributed by atoms with Gasteiger partial charge in [-0.2, -0.15) is 0 Å². The molecule has 0 unspecified atom stereocenters. The molecule has 3 aromatic rings. The maximum absolute atomic E-state index is 13.0. The highest BCUT2D eigenvalue weighted by Crippen LogP contribution is 2.39. The van der Waals surface area contributed by atoms with Crippen LogP contribution in [0.4, 0.5) is 0 Å². The smallest absolute Gasteiger partial charge is 0.266 e. The first-order valence-corrected chi connectivity index (χ1v) is 11.9. The van der Waals surface area contributed by atoms with Gasteiger partial charge in [-0.15, -0.1) is 0 Å². The Morgan fingerprint density at radius 2 is 1.79 bits per heavy atom. The van der Waals surface area contributed by atoms with E-state index in [9.17, 15) is 4.79 Å². The van der Waals surface area contributed by atoms with Crippen LogP contribution in [0.1, 0.15) is 22.3 Å². The number of methoxy groups -OCH3 is 1. The Balaban J connectivity index is 1.53. The zero-order valence-electron chi connectivity index (χ0n) is 18.2. The number of hydrogen-bond acceptors (Lipinski definition) is 5. The molecular formula is C26H22ClNO3S2. The molecule has 0 radical (unpaired) electrons. The molecule has 3 aromatic carbocycles. The second-order valence-electron chi connectivity index (χ2n) is 7.56. The standard InChI is InChI=1S/C26H22ClNO3S2/c1-17-8-10-19(11-9-17)16-31-24-21(27)12-20(13-22(24)30-2)14-23-25(29)28(26(32)33-23)15-18-6-4-3-5-7-18/h3-14H,15-16H2,1-2H3. The Labute approximate surface area is 208 Å². The van der Waals surface area contributed by atoms with Crippen molar-refractivity contribution in [2.75, 3.05) is 7.11 Å². The summed E-state index contributed by atoms with van der Waals surface area (Å²) in [6, 6.07) is 21.5. The highest BCUT2D eigenvalue weighted by Gasteiger charge is 2.32. The molecule has 1 fully saturated rings. The van der Waals surface area contributed by atoms with E-state index in [1.165, 1.54) is 17.3 Å². The van der Waals surface area contributed by atoms with Crippen molar-refractivity contribution < 1.29 is 14.3 Å². The summed E-state index contributed by atoms with van der Waals surface area (Å²) in [5.74, 6) is 0.845. The molecule has 1 saturated heterocycles. The highest BCUT2D eigenvalue weighted by atomic mass is 35.5. The number of carbonyl (C=O) groups excluding carboxylic acids is 1. The minimum absolute atomic E-state index is 0.122. The first kappa shape index (κ1) is 23.4. The fourth-order valence-electron chi connectivity index (χ4n) is 3.36. The van der Waals surface area contributed by atoms with E-state index in [-0.39, 0.29) is 5.91 Å². The summed E-state index contributed by atoms with van der Waals surface area (Å²) in [5, 5.41) is 0.410. The Bertz CT molecular complexity index is 1210. The Morgan fingerprint density at radius 1 is 1.06 bits per heavy atom. The van der Waals surface area contributed by atoms with Crippen molar-refractivity contribution in [1.29, 1.82) is 0 Å². The minimum atomic E-state index is -0.122. The average Bonchev–Trinajstić information content (AvgIpc) is 3.07. The number of benzene rings is 3. The van der Waals surface area contributed by atoms with Crippen molar-refractivity contribution in [2.24, 2.45) is 0 Å². The fraction of sp³-hybridized carbons (Fsp3) is 0.154. The molecule has 168 valence electrons. The van der Waals surface area contributed by atoms with Gasteiger partial charge in [0.05, 0.1) is 23.6 Å². The number of thioether (sulfide) groups is 1. The topological polar surface area (TPSA) is 38.8 Å². The van der Waals surface area contributed by atoms with E-state index in [4.69, 9.17) is 33.3 Å². The van der Waals surface area contributed by atoms with E-state index < -0.39 is 0 Å². The zero-order valence-corrected chi connectivity index (χ0v) is 20.6. The number of hydrogen-bond donors (Lipinski definition) is 0. The average molecular weight is 496 g/mol. The predicted octanol–water partition coefficient (Wildman–Crippen LogP) is 6.64. The Morgan fingerprint density at radius 3 is 2.48 bits per heavy atom. The van der Waals surface area contributed by atoms with Crippen LogP contribution < -0.4 is 9.47 Å². The number of rotatable bonds is 7. The molecule has 33 heavy (non-hydrogen) atoms. The van der Waals surface area contributed by atoms with Gasteiger partial charge < -0.3 is 9.47 Å². The maximum atomic E-state index is 13.0. The summed E-state index contributed by atoms with van der Waals surface area (Å²) in [7, 11) is 1.56. The van der Waals surface area contributed by atoms with E-state index in [0.29, 0.717) is 38.9 Å². The summed E-state index contributed by atoms with van der Waals surface area (Å²) < 4.78 is 12.0. The van der Waals surface area contributed by atoms with Crippen LogP contribution in [0.2, 0.25) is 5.02 Å². The summed E-state index contributed by atoms with van der Waals surface area (Å²) in [5.41, 5.74) is 3.98. The molecule has 0 bridgehead atoms. The lowest BCUT2D eigenvalue weighted by Crippen LogP contribution is -2.27. The van der Waals surface area contributed by atoms with Crippen molar-refractivity contribution in [1.82, 2.24) is 4.90 Å². The number of carbonyl (C=O) groups is 1. The van der Waals surface area contributed by atoms with E-state index in [1.807, 2.05) is 61.5 Å². The molecule has 4 rings (SSSR count). The lowest BCUT2D eigenvalue weighted by Gasteiger charge is -2.14. The molecule has 0 saturated carbocycles. The van der Waals surface area contributed by atoms with Gasteiger partial charge in [0.1, 0.15) is 10.9 Å². The normalized spacial score (nSPS) is 14.8. The van der Waals surface area contributed by atoms with E-state index in [2.05, 4.69) is 0 Å². The molecule has 1 amide bonds. The predicted molar refractivity (Wildman–Crippen MR) is 139 cm³/mol. The molecule has 4 nitrogen and oxygen atoms in total. The monoisotopic (exact) mass is 495 g/mol. The molecule has 7 heteroatoms. The van der Waals surface area contributed by atoms with Gasteiger partial charge in [0.15, 0.2) is 11.5 Å². The van der Waals surface area contributed by atoms with Gasteiger partial charge in [0.25, 0.3) is 5.91 Å². The van der Waals surface area contributed by atoms with Gasteiger partial charge in [-0.05, 0) is 41.8 Å². The number of aryl methyl sites for hydroxylation is 1. The molecule has 0 aromatic heterocycles. The second kappa shape index (κ2) is 10.4. The number of halogens is 1. The van der Waals surface area contributed by atoms with Gasteiger partial charge in [0, 0.05) is 0 Å². The highest BCUT2D eigenvalue weighted by molar-refractivity contribution is 8.26. The number of thiocarbonyl (C=S) groups is 1. The number of ether oxygens (including phenoxy) is 2. The van der Waals surface area contributed by atoms with E-state index >= 15 is 0 Å². The third-order valence-corrected chi connectivity index (χ3v) is 6.77. The van der Waals surface area contributed by atoms with Crippen LogP contribution in [0.15, 0.2) is 71.6 Å². The molecule has 0 spiro atoms. The SMILES string of the molecule is COc1cc(C=C2SC(=S)N(Cc3ccccc3)C2=O)cc(Cl)c1OCc1ccc(C)cc1. The van der Waals surface area contributed by atoms with Gasteiger partial charge in [-0.3, -0.25) is 9.69 Å². The van der Waals surface area contributed by atoms with Crippen LogP contribution in [0, 0.1) is 6.92 Å². The van der Waals surface area contributed by atoms with Crippen molar-refractivity contribution in [2.45, 2.75) is 20.1 Å². The third-order valence-electron chi connectivity index (χ3n) is 5.11. The minimum Gasteiger partial charge on any atom is -0.493 e. The largest absolute Gasteiger partial charge is 0.493 e. The molecule has 0 N–H and O–H groups in total. The fourth-order valence-corrected chi connectivity index (χ4v) is 4.89. The molecule has 1 aliphatic heterocycles. The van der Waals surface area contributed by atoms with Crippen LogP contribution in [-0.2, 0) is 17.9 Å².